The minimum Gasteiger partial charge on any atom is -0.388 e. The molecular formula is C11H11ClF7NO. The van der Waals surface area contributed by atoms with E-state index in [9.17, 15) is 35.8 Å². The molecule has 0 unspecified atom stereocenters. The van der Waals surface area contributed by atoms with Gasteiger partial charge in [-0.1, -0.05) is 0 Å². The number of aliphatic hydroxyl groups excluding tert-OH is 1. The monoisotopic (exact) mass is 341 g/mol. The molecule has 2 nitrogen and oxygen atoms in total. The molecule has 0 aliphatic carbocycles. The van der Waals surface area contributed by atoms with Gasteiger partial charge in [0.15, 0.2) is 0 Å². The Balaban J connectivity index is 0.00000400. The van der Waals surface area contributed by atoms with Crippen molar-refractivity contribution in [3.63, 3.8) is 0 Å². The van der Waals surface area contributed by atoms with Crippen LogP contribution in [0.25, 0.3) is 0 Å². The molecule has 1 aromatic rings. The largest absolute Gasteiger partial charge is 0.416 e. The van der Waals surface area contributed by atoms with Gasteiger partial charge in [0, 0.05) is 12.0 Å². The second kappa shape index (κ2) is 6.80. The van der Waals surface area contributed by atoms with E-state index in [1.54, 1.807) is 0 Å². The zero-order valence-corrected chi connectivity index (χ0v) is 11.0. The Labute approximate surface area is 121 Å². The number of halogens is 8. The first kappa shape index (κ1) is 19.9. The van der Waals surface area contributed by atoms with E-state index in [1.165, 1.54) is 0 Å². The molecule has 0 amide bonds. The van der Waals surface area contributed by atoms with Crippen molar-refractivity contribution < 1.29 is 35.8 Å². The van der Waals surface area contributed by atoms with Gasteiger partial charge >= 0.3 is 12.4 Å². The van der Waals surface area contributed by atoms with Gasteiger partial charge in [-0.3, -0.25) is 0 Å². The van der Waals surface area contributed by atoms with Gasteiger partial charge in [0.25, 0.3) is 0 Å². The number of alkyl halides is 6. The van der Waals surface area contributed by atoms with E-state index >= 15 is 0 Å². The van der Waals surface area contributed by atoms with Crippen molar-refractivity contribution in [2.45, 2.75) is 30.9 Å². The summed E-state index contributed by atoms with van der Waals surface area (Å²) in [4.78, 5) is 0. The van der Waals surface area contributed by atoms with Crippen molar-refractivity contribution in [1.29, 1.82) is 0 Å². The van der Waals surface area contributed by atoms with Crippen LogP contribution >= 0.6 is 12.4 Å². The van der Waals surface area contributed by atoms with Crippen LogP contribution in [0.2, 0.25) is 0 Å². The second-order valence-corrected chi connectivity index (χ2v) is 4.13. The normalized spacial score (nSPS) is 15.3. The van der Waals surface area contributed by atoms with E-state index in [1.807, 2.05) is 0 Å². The third-order valence-electron chi connectivity index (χ3n) is 2.58. The highest BCUT2D eigenvalue weighted by Gasteiger charge is 2.39. The van der Waals surface area contributed by atoms with Crippen LogP contribution in [0.1, 0.15) is 23.7 Å². The molecule has 0 heterocycles. The summed E-state index contributed by atoms with van der Waals surface area (Å²) in [5.74, 6) is -1.24. The minimum absolute atomic E-state index is 0. The molecule has 10 heteroatoms. The zero-order chi connectivity index (χ0) is 15.7. The predicted molar refractivity (Wildman–Crippen MR) is 62.3 cm³/mol. The molecule has 0 aliphatic rings. The lowest BCUT2D eigenvalue weighted by atomic mass is 9.99. The fourth-order valence-electron chi connectivity index (χ4n) is 1.48. The van der Waals surface area contributed by atoms with E-state index < -0.39 is 47.9 Å². The van der Waals surface area contributed by atoms with Crippen molar-refractivity contribution in [3.05, 3.63) is 35.1 Å². The molecule has 1 aromatic carbocycles. The lowest BCUT2D eigenvalue weighted by molar-refractivity contribution is -0.154. The molecule has 0 aliphatic heterocycles. The topological polar surface area (TPSA) is 46.2 Å². The Hall–Kier alpha value is -1.06. The number of aliphatic hydroxyl groups is 1. The van der Waals surface area contributed by atoms with Crippen molar-refractivity contribution >= 4 is 12.4 Å². The molecule has 0 spiro atoms. The Morgan fingerprint density at radius 1 is 1.10 bits per heavy atom. The number of nitrogens with two attached hydrogens (primary N) is 1. The summed E-state index contributed by atoms with van der Waals surface area (Å²) in [6.07, 6.45) is -12.9. The summed E-state index contributed by atoms with van der Waals surface area (Å²) < 4.78 is 87.1. The molecule has 21 heavy (non-hydrogen) atoms. The van der Waals surface area contributed by atoms with E-state index in [0.717, 1.165) is 0 Å². The van der Waals surface area contributed by atoms with Crippen LogP contribution in [0, 0.1) is 5.82 Å². The first-order valence-corrected chi connectivity index (χ1v) is 5.30. The number of hydrogen-bond acceptors (Lipinski definition) is 2. The molecule has 1 rings (SSSR count). The quantitative estimate of drug-likeness (QED) is 0.826. The van der Waals surface area contributed by atoms with Gasteiger partial charge in [0.2, 0.25) is 0 Å². The van der Waals surface area contributed by atoms with Crippen LogP contribution < -0.4 is 5.73 Å². The van der Waals surface area contributed by atoms with Crippen LogP contribution in [-0.2, 0) is 6.18 Å². The average molecular weight is 342 g/mol. The third kappa shape index (κ3) is 5.33. The molecule has 0 aromatic heterocycles. The van der Waals surface area contributed by atoms with Gasteiger partial charge in [-0.05, 0) is 18.2 Å². The molecule has 3 N–H and O–H groups in total. The highest BCUT2D eigenvalue weighted by atomic mass is 35.5. The first-order valence-electron chi connectivity index (χ1n) is 5.30. The van der Waals surface area contributed by atoms with Gasteiger partial charge in [-0.15, -0.1) is 12.4 Å². The highest BCUT2D eigenvalue weighted by Crippen LogP contribution is 2.33. The fourth-order valence-corrected chi connectivity index (χ4v) is 1.48. The Morgan fingerprint density at radius 3 is 2.05 bits per heavy atom. The maximum absolute atomic E-state index is 13.3. The Kier molecular flexibility index (Phi) is 6.46. The minimum atomic E-state index is -4.83. The number of hydrogen-bond donors (Lipinski definition) is 2. The Bertz CT molecular complexity index is 475. The zero-order valence-electron chi connectivity index (χ0n) is 10.2. The van der Waals surface area contributed by atoms with E-state index in [4.69, 9.17) is 5.73 Å². The van der Waals surface area contributed by atoms with Crippen LogP contribution in [0.15, 0.2) is 18.2 Å². The molecule has 0 saturated heterocycles. The third-order valence-corrected chi connectivity index (χ3v) is 2.58. The van der Waals surface area contributed by atoms with Crippen LogP contribution in [-0.4, -0.2) is 17.3 Å². The molecule has 0 saturated carbocycles. The molecule has 0 fully saturated rings. The highest BCUT2D eigenvalue weighted by molar-refractivity contribution is 5.85. The predicted octanol–water partition coefficient (Wildman–Crippen LogP) is 3.58. The van der Waals surface area contributed by atoms with Gasteiger partial charge in [0.1, 0.15) is 11.9 Å². The fraction of sp³-hybridized carbons (Fsp3) is 0.455. The van der Waals surface area contributed by atoms with E-state index in [-0.39, 0.29) is 18.5 Å². The lowest BCUT2D eigenvalue weighted by Crippen LogP contribution is -2.38. The van der Waals surface area contributed by atoms with Gasteiger partial charge < -0.3 is 10.8 Å². The summed E-state index contributed by atoms with van der Waals surface area (Å²) >= 11 is 0. The van der Waals surface area contributed by atoms with E-state index in [2.05, 4.69) is 0 Å². The maximum atomic E-state index is 13.3. The molecule has 2 atom stereocenters. The molecule has 122 valence electrons. The summed E-state index contributed by atoms with van der Waals surface area (Å²) in [6.45, 7) is 0. The summed E-state index contributed by atoms with van der Waals surface area (Å²) in [5.41, 5.74) is 2.59. The second-order valence-electron chi connectivity index (χ2n) is 4.13. The standard InChI is InChI=1S/C11H10F7NO.ClH/c12-7-2-1-5(10(13,14)15)3-6(7)8(20)4-9(19)11(16,17)18;/h1-3,8-9,20H,4,19H2;1H/t8-,9-;/m0./s1. The van der Waals surface area contributed by atoms with Crippen LogP contribution in [0.4, 0.5) is 30.7 Å². The first-order chi connectivity index (χ1) is 8.93. The summed E-state index contributed by atoms with van der Waals surface area (Å²) in [6, 6.07) is -1.34. The molecule has 0 radical (unpaired) electrons. The smallest absolute Gasteiger partial charge is 0.388 e. The Morgan fingerprint density at radius 2 is 1.62 bits per heavy atom. The van der Waals surface area contributed by atoms with Crippen molar-refractivity contribution in [2.24, 2.45) is 5.73 Å². The molecule has 0 bridgehead atoms. The SMILES string of the molecule is Cl.N[C@@H](C[C@H](O)c1cc(C(F)(F)F)ccc1F)C(F)(F)F. The number of rotatable bonds is 3. The summed E-state index contributed by atoms with van der Waals surface area (Å²) in [7, 11) is 0. The van der Waals surface area contributed by atoms with Crippen LogP contribution in [0.5, 0.6) is 0 Å². The lowest BCUT2D eigenvalue weighted by Gasteiger charge is -2.20. The molecular weight excluding hydrogens is 331 g/mol. The number of benzene rings is 1. The summed E-state index contributed by atoms with van der Waals surface area (Å²) in [5, 5.41) is 9.44. The maximum Gasteiger partial charge on any atom is 0.416 e. The van der Waals surface area contributed by atoms with Gasteiger partial charge in [-0.25, -0.2) is 4.39 Å². The van der Waals surface area contributed by atoms with Crippen molar-refractivity contribution in [1.82, 2.24) is 0 Å². The average Bonchev–Trinajstić information content (AvgIpc) is 2.26. The van der Waals surface area contributed by atoms with Crippen molar-refractivity contribution in [2.75, 3.05) is 0 Å². The van der Waals surface area contributed by atoms with Gasteiger partial charge in [0.05, 0.1) is 11.7 Å². The van der Waals surface area contributed by atoms with Crippen molar-refractivity contribution in [3.8, 4) is 0 Å². The van der Waals surface area contributed by atoms with Gasteiger partial charge in [-0.2, -0.15) is 26.3 Å². The van der Waals surface area contributed by atoms with E-state index in [0.29, 0.717) is 12.1 Å². The van der Waals surface area contributed by atoms with Crippen LogP contribution in [0.3, 0.4) is 0 Å².